The van der Waals surface area contributed by atoms with Gasteiger partial charge in [-0.15, -0.1) is 0 Å². The Morgan fingerprint density at radius 1 is 1.11 bits per heavy atom. The van der Waals surface area contributed by atoms with Gasteiger partial charge in [0.05, 0.1) is 5.52 Å². The van der Waals surface area contributed by atoms with Crippen LogP contribution in [-0.2, 0) is 0 Å². The van der Waals surface area contributed by atoms with Crippen LogP contribution in [0.25, 0.3) is 10.9 Å². The van der Waals surface area contributed by atoms with Crippen molar-refractivity contribution in [2.75, 3.05) is 0 Å². The summed E-state index contributed by atoms with van der Waals surface area (Å²) in [7, 11) is 0. The van der Waals surface area contributed by atoms with E-state index in [9.17, 15) is 4.79 Å². The van der Waals surface area contributed by atoms with Gasteiger partial charge in [0.2, 0.25) is 0 Å². The summed E-state index contributed by atoms with van der Waals surface area (Å²) in [5.41, 5.74) is 0.939. The number of hydrogen-bond acceptors (Lipinski definition) is 4. The van der Waals surface area contributed by atoms with Crippen LogP contribution in [0.2, 0.25) is 0 Å². The van der Waals surface area contributed by atoms with Crippen molar-refractivity contribution in [1.82, 2.24) is 4.98 Å². The standard InChI is InChI=1S/C14H9NO2S/c16-9-11-6-7-13(17-11)18-12-5-1-3-10-4-2-8-15-14(10)12/h1-9H. The highest BCUT2D eigenvalue weighted by atomic mass is 32.2. The van der Waals surface area contributed by atoms with Crippen LogP contribution >= 0.6 is 11.8 Å². The van der Waals surface area contributed by atoms with E-state index >= 15 is 0 Å². The zero-order chi connectivity index (χ0) is 12.4. The van der Waals surface area contributed by atoms with E-state index in [-0.39, 0.29) is 0 Å². The minimum Gasteiger partial charge on any atom is -0.447 e. The first kappa shape index (κ1) is 11.0. The molecule has 0 aliphatic rings. The van der Waals surface area contributed by atoms with Crippen molar-refractivity contribution in [1.29, 1.82) is 0 Å². The van der Waals surface area contributed by atoms with Gasteiger partial charge in [-0.3, -0.25) is 9.78 Å². The van der Waals surface area contributed by atoms with E-state index in [0.29, 0.717) is 17.1 Å². The van der Waals surface area contributed by atoms with Crippen molar-refractivity contribution in [2.24, 2.45) is 0 Å². The molecule has 0 spiro atoms. The van der Waals surface area contributed by atoms with Gasteiger partial charge >= 0.3 is 0 Å². The van der Waals surface area contributed by atoms with Crippen LogP contribution in [0.5, 0.6) is 0 Å². The molecule has 2 aromatic heterocycles. The predicted octanol–water partition coefficient (Wildman–Crippen LogP) is 3.79. The van der Waals surface area contributed by atoms with Crippen molar-refractivity contribution >= 4 is 29.0 Å². The molecule has 0 saturated heterocycles. The highest BCUT2D eigenvalue weighted by Gasteiger charge is 2.07. The zero-order valence-electron chi connectivity index (χ0n) is 9.37. The molecular formula is C14H9NO2S. The number of fused-ring (bicyclic) bond motifs is 1. The molecule has 3 aromatic rings. The molecule has 0 fully saturated rings. The maximum Gasteiger partial charge on any atom is 0.185 e. The summed E-state index contributed by atoms with van der Waals surface area (Å²) in [6.07, 6.45) is 2.47. The normalized spacial score (nSPS) is 10.7. The third-order valence-electron chi connectivity index (χ3n) is 2.52. The molecule has 0 unspecified atom stereocenters. The number of para-hydroxylation sites is 1. The average Bonchev–Trinajstić information content (AvgIpc) is 2.87. The second-order valence-corrected chi connectivity index (χ2v) is 4.75. The summed E-state index contributed by atoms with van der Waals surface area (Å²) in [4.78, 5) is 16.0. The Labute approximate surface area is 108 Å². The molecule has 0 bridgehead atoms. The number of benzene rings is 1. The highest BCUT2D eigenvalue weighted by Crippen LogP contribution is 2.33. The van der Waals surface area contributed by atoms with Crippen LogP contribution in [0.3, 0.4) is 0 Å². The van der Waals surface area contributed by atoms with Gasteiger partial charge in [0.25, 0.3) is 0 Å². The van der Waals surface area contributed by atoms with E-state index in [1.54, 1.807) is 18.3 Å². The molecule has 0 radical (unpaired) electrons. The Morgan fingerprint density at radius 3 is 2.83 bits per heavy atom. The number of carbonyl (C=O) groups is 1. The molecule has 18 heavy (non-hydrogen) atoms. The lowest BCUT2D eigenvalue weighted by molar-refractivity contribution is 0.109. The number of furan rings is 1. The second-order valence-electron chi connectivity index (χ2n) is 3.71. The summed E-state index contributed by atoms with van der Waals surface area (Å²) in [6.45, 7) is 0. The molecular weight excluding hydrogens is 246 g/mol. The fourth-order valence-corrected chi connectivity index (χ4v) is 2.62. The molecule has 0 N–H and O–H groups in total. The van der Waals surface area contributed by atoms with Crippen LogP contribution in [0.4, 0.5) is 0 Å². The smallest absolute Gasteiger partial charge is 0.185 e. The Hall–Kier alpha value is -2.07. The predicted molar refractivity (Wildman–Crippen MR) is 70.0 cm³/mol. The lowest BCUT2D eigenvalue weighted by Gasteiger charge is -2.02. The van der Waals surface area contributed by atoms with E-state index in [0.717, 1.165) is 15.8 Å². The second kappa shape index (κ2) is 4.66. The Kier molecular flexibility index (Phi) is 2.86. The molecule has 88 valence electrons. The van der Waals surface area contributed by atoms with Gasteiger partial charge in [0.1, 0.15) is 0 Å². The molecule has 0 saturated carbocycles. The zero-order valence-corrected chi connectivity index (χ0v) is 10.2. The van der Waals surface area contributed by atoms with E-state index in [2.05, 4.69) is 4.98 Å². The highest BCUT2D eigenvalue weighted by molar-refractivity contribution is 7.99. The van der Waals surface area contributed by atoms with Gasteiger partial charge in [-0.25, -0.2) is 0 Å². The minimum absolute atomic E-state index is 0.339. The number of pyridine rings is 1. The van der Waals surface area contributed by atoms with Crippen LogP contribution < -0.4 is 0 Å². The first-order chi connectivity index (χ1) is 8.86. The summed E-state index contributed by atoms with van der Waals surface area (Å²) < 4.78 is 5.35. The number of hydrogen-bond donors (Lipinski definition) is 0. The molecule has 4 heteroatoms. The summed E-state index contributed by atoms with van der Waals surface area (Å²) >= 11 is 1.47. The SMILES string of the molecule is O=Cc1ccc(Sc2cccc3cccnc23)o1. The number of rotatable bonds is 3. The number of nitrogens with zero attached hydrogens (tertiary/aromatic N) is 1. The number of aromatic nitrogens is 1. The van der Waals surface area contributed by atoms with E-state index in [4.69, 9.17) is 4.42 Å². The fraction of sp³-hybridized carbons (Fsp3) is 0. The van der Waals surface area contributed by atoms with E-state index in [1.165, 1.54) is 11.8 Å². The summed E-state index contributed by atoms with van der Waals surface area (Å²) in [5, 5.41) is 1.78. The quantitative estimate of drug-likeness (QED) is 0.668. The van der Waals surface area contributed by atoms with Gasteiger partial charge < -0.3 is 4.42 Å². The molecule has 3 nitrogen and oxygen atoms in total. The number of aldehydes is 1. The van der Waals surface area contributed by atoms with Crippen molar-refractivity contribution in [3.63, 3.8) is 0 Å². The Morgan fingerprint density at radius 2 is 2.00 bits per heavy atom. The third-order valence-corrected chi connectivity index (χ3v) is 3.49. The van der Waals surface area contributed by atoms with Gasteiger partial charge in [-0.2, -0.15) is 0 Å². The molecule has 0 aliphatic carbocycles. The lowest BCUT2D eigenvalue weighted by Crippen LogP contribution is -1.80. The Bertz CT molecular complexity index is 700. The molecule has 0 atom stereocenters. The average molecular weight is 255 g/mol. The van der Waals surface area contributed by atoms with Crippen molar-refractivity contribution in [3.05, 3.63) is 54.4 Å². The maximum absolute atomic E-state index is 10.6. The molecule has 1 aromatic carbocycles. The molecule has 0 amide bonds. The lowest BCUT2D eigenvalue weighted by atomic mass is 10.2. The first-order valence-corrected chi connectivity index (χ1v) is 6.25. The van der Waals surface area contributed by atoms with E-state index in [1.807, 2.05) is 30.3 Å². The van der Waals surface area contributed by atoms with Crippen molar-refractivity contribution in [2.45, 2.75) is 9.99 Å². The monoisotopic (exact) mass is 255 g/mol. The molecule has 0 aliphatic heterocycles. The topological polar surface area (TPSA) is 43.1 Å². The fourth-order valence-electron chi connectivity index (χ4n) is 1.72. The molecule has 3 rings (SSSR count). The van der Waals surface area contributed by atoms with Gasteiger partial charge in [-0.05, 0) is 36.0 Å². The van der Waals surface area contributed by atoms with Crippen LogP contribution in [0, 0.1) is 0 Å². The summed E-state index contributed by atoms with van der Waals surface area (Å²) in [5.74, 6) is 0.339. The van der Waals surface area contributed by atoms with Gasteiger partial charge in [0.15, 0.2) is 17.1 Å². The number of carbonyl (C=O) groups excluding carboxylic acids is 1. The van der Waals surface area contributed by atoms with Crippen molar-refractivity contribution < 1.29 is 9.21 Å². The first-order valence-electron chi connectivity index (χ1n) is 5.43. The molecule has 2 heterocycles. The third kappa shape index (κ3) is 2.02. The summed E-state index contributed by atoms with van der Waals surface area (Å²) in [6, 6.07) is 13.4. The van der Waals surface area contributed by atoms with Gasteiger partial charge in [0, 0.05) is 16.5 Å². The van der Waals surface area contributed by atoms with Crippen LogP contribution in [-0.4, -0.2) is 11.3 Å². The van der Waals surface area contributed by atoms with E-state index < -0.39 is 0 Å². The Balaban J connectivity index is 2.01. The van der Waals surface area contributed by atoms with Crippen molar-refractivity contribution in [3.8, 4) is 0 Å². The minimum atomic E-state index is 0.339. The maximum atomic E-state index is 10.6. The largest absolute Gasteiger partial charge is 0.447 e. The van der Waals surface area contributed by atoms with Gasteiger partial charge in [-0.1, -0.05) is 18.2 Å². The van der Waals surface area contributed by atoms with Crippen LogP contribution in [0.15, 0.2) is 63.1 Å². The van der Waals surface area contributed by atoms with Crippen LogP contribution in [0.1, 0.15) is 10.6 Å².